The fourth-order valence-electron chi connectivity index (χ4n) is 1.25. The zero-order valence-electron chi connectivity index (χ0n) is 10.1. The van der Waals surface area contributed by atoms with E-state index in [1.54, 1.807) is 25.3 Å². The largest absolute Gasteiger partial charge is 0.497 e. The predicted molar refractivity (Wildman–Crippen MR) is 84.2 cm³/mol. The molecule has 100 valence electrons. The summed E-state index contributed by atoms with van der Waals surface area (Å²) < 4.78 is 5.87. The number of hydrogen-bond donors (Lipinski definition) is 1. The molecule has 6 heteroatoms. The molecule has 1 rings (SSSR count). The number of carbonyl (C=O) groups is 1. The van der Waals surface area contributed by atoms with Gasteiger partial charge >= 0.3 is 0 Å². The fraction of sp³-hybridized carbons (Fsp3) is 0.417. The Morgan fingerprint density at radius 1 is 1.39 bits per heavy atom. The lowest BCUT2D eigenvalue weighted by atomic mass is 10.1. The SMILES string of the molecule is COc1ccc(Br)c(C(=O)NC(C)(CBr)CBr)c1. The Bertz CT molecular complexity index is 433. The number of ether oxygens (including phenoxy) is 1. The quantitative estimate of drug-likeness (QED) is 0.704. The molecule has 1 aromatic rings. The van der Waals surface area contributed by atoms with Crippen molar-refractivity contribution >= 4 is 53.7 Å². The summed E-state index contributed by atoms with van der Waals surface area (Å²) in [7, 11) is 1.58. The van der Waals surface area contributed by atoms with E-state index < -0.39 is 0 Å². The highest BCUT2D eigenvalue weighted by Crippen LogP contribution is 2.23. The van der Waals surface area contributed by atoms with Gasteiger partial charge in [0.25, 0.3) is 5.91 Å². The molecule has 1 amide bonds. The number of halogens is 3. The number of benzene rings is 1. The molecule has 0 atom stereocenters. The number of methoxy groups -OCH3 is 1. The first-order valence-electron chi connectivity index (χ1n) is 5.24. The van der Waals surface area contributed by atoms with E-state index >= 15 is 0 Å². The van der Waals surface area contributed by atoms with E-state index in [0.29, 0.717) is 22.0 Å². The maximum Gasteiger partial charge on any atom is 0.253 e. The minimum atomic E-state index is -0.334. The van der Waals surface area contributed by atoms with Crippen molar-refractivity contribution in [3.05, 3.63) is 28.2 Å². The third kappa shape index (κ3) is 3.96. The van der Waals surface area contributed by atoms with Crippen molar-refractivity contribution in [2.45, 2.75) is 12.5 Å². The van der Waals surface area contributed by atoms with Crippen LogP contribution in [-0.4, -0.2) is 29.2 Å². The standard InChI is InChI=1S/C12H14Br3NO2/c1-12(6-13,7-14)16-11(17)9-5-8(18-2)3-4-10(9)15/h3-5H,6-7H2,1-2H3,(H,16,17). The van der Waals surface area contributed by atoms with Crippen molar-refractivity contribution in [1.29, 1.82) is 0 Å². The van der Waals surface area contributed by atoms with Gasteiger partial charge in [0.05, 0.1) is 18.2 Å². The van der Waals surface area contributed by atoms with Gasteiger partial charge in [-0.05, 0) is 41.1 Å². The van der Waals surface area contributed by atoms with Gasteiger partial charge in [0, 0.05) is 15.1 Å². The summed E-state index contributed by atoms with van der Waals surface area (Å²) in [4.78, 5) is 12.2. The van der Waals surface area contributed by atoms with Crippen LogP contribution in [0.25, 0.3) is 0 Å². The third-order valence-corrected chi connectivity index (χ3v) is 5.59. The second-order valence-corrected chi connectivity index (χ2v) is 6.10. The van der Waals surface area contributed by atoms with Crippen LogP contribution in [0.4, 0.5) is 0 Å². The van der Waals surface area contributed by atoms with Crippen LogP contribution in [0.1, 0.15) is 17.3 Å². The van der Waals surface area contributed by atoms with E-state index in [2.05, 4.69) is 53.1 Å². The molecule has 0 saturated carbocycles. The van der Waals surface area contributed by atoms with Crippen LogP contribution in [0.3, 0.4) is 0 Å². The number of carbonyl (C=O) groups excluding carboxylic acids is 1. The molecule has 3 nitrogen and oxygen atoms in total. The Morgan fingerprint density at radius 2 is 2.00 bits per heavy atom. The number of nitrogens with one attached hydrogen (secondary N) is 1. The third-order valence-electron chi connectivity index (χ3n) is 2.42. The summed E-state index contributed by atoms with van der Waals surface area (Å²) in [5, 5.41) is 4.31. The summed E-state index contributed by atoms with van der Waals surface area (Å²) in [6.45, 7) is 1.96. The van der Waals surface area contributed by atoms with Gasteiger partial charge in [-0.2, -0.15) is 0 Å². The van der Waals surface area contributed by atoms with E-state index in [9.17, 15) is 4.79 Å². The Hall–Kier alpha value is -0.0700. The summed E-state index contributed by atoms with van der Waals surface area (Å²) in [6.07, 6.45) is 0. The zero-order valence-corrected chi connectivity index (χ0v) is 14.9. The van der Waals surface area contributed by atoms with Gasteiger partial charge in [-0.25, -0.2) is 0 Å². The van der Waals surface area contributed by atoms with Crippen molar-refractivity contribution in [3.63, 3.8) is 0 Å². The average Bonchev–Trinajstić information content (AvgIpc) is 2.39. The van der Waals surface area contributed by atoms with Gasteiger partial charge in [0.15, 0.2) is 0 Å². The van der Waals surface area contributed by atoms with Crippen molar-refractivity contribution in [3.8, 4) is 5.75 Å². The van der Waals surface area contributed by atoms with Crippen LogP contribution >= 0.6 is 47.8 Å². The first kappa shape index (κ1) is 16.0. The highest BCUT2D eigenvalue weighted by Gasteiger charge is 2.25. The molecule has 0 fully saturated rings. The van der Waals surface area contributed by atoms with E-state index in [1.165, 1.54) is 0 Å². The lowest BCUT2D eigenvalue weighted by Gasteiger charge is -2.26. The molecule has 1 N–H and O–H groups in total. The molecule has 0 radical (unpaired) electrons. The van der Waals surface area contributed by atoms with Gasteiger partial charge in [-0.15, -0.1) is 0 Å². The number of hydrogen-bond acceptors (Lipinski definition) is 2. The Kier molecular flexibility index (Phi) is 6.14. The molecule has 1 aromatic carbocycles. The summed E-state index contributed by atoms with van der Waals surface area (Å²) in [5.74, 6) is 0.518. The van der Waals surface area contributed by atoms with Crippen molar-refractivity contribution in [2.24, 2.45) is 0 Å². The second kappa shape index (κ2) is 6.91. The number of amides is 1. The van der Waals surface area contributed by atoms with E-state index in [1.807, 2.05) is 6.92 Å². The lowest BCUT2D eigenvalue weighted by Crippen LogP contribution is -2.49. The van der Waals surface area contributed by atoms with Crippen molar-refractivity contribution in [1.82, 2.24) is 5.32 Å². The molecule has 0 aliphatic rings. The maximum atomic E-state index is 12.2. The van der Waals surface area contributed by atoms with Crippen molar-refractivity contribution < 1.29 is 9.53 Å². The van der Waals surface area contributed by atoms with Crippen LogP contribution in [0.2, 0.25) is 0 Å². The molecular weight excluding hydrogens is 430 g/mol. The van der Waals surface area contributed by atoms with E-state index in [4.69, 9.17) is 4.74 Å². The monoisotopic (exact) mass is 441 g/mol. The zero-order chi connectivity index (χ0) is 13.8. The molecule has 0 saturated heterocycles. The smallest absolute Gasteiger partial charge is 0.253 e. The second-order valence-electron chi connectivity index (χ2n) is 4.13. The minimum absolute atomic E-state index is 0.137. The summed E-state index contributed by atoms with van der Waals surface area (Å²) >= 11 is 10.2. The van der Waals surface area contributed by atoms with Gasteiger partial charge in [-0.3, -0.25) is 4.79 Å². The van der Waals surface area contributed by atoms with Crippen LogP contribution in [0.5, 0.6) is 5.75 Å². The first-order valence-corrected chi connectivity index (χ1v) is 8.27. The van der Waals surface area contributed by atoms with Crippen molar-refractivity contribution in [2.75, 3.05) is 17.8 Å². The van der Waals surface area contributed by atoms with Crippen LogP contribution < -0.4 is 10.1 Å². The Balaban J connectivity index is 2.97. The predicted octanol–water partition coefficient (Wildman–Crippen LogP) is 3.74. The Labute approximate surface area is 132 Å². The molecule has 0 aromatic heterocycles. The molecule has 0 heterocycles. The molecule has 0 bridgehead atoms. The summed E-state index contributed by atoms with van der Waals surface area (Å²) in [5.41, 5.74) is 0.224. The van der Waals surface area contributed by atoms with Crippen LogP contribution in [0.15, 0.2) is 22.7 Å². The molecule has 0 unspecified atom stereocenters. The highest BCUT2D eigenvalue weighted by molar-refractivity contribution is 9.10. The Morgan fingerprint density at radius 3 is 2.50 bits per heavy atom. The molecule has 18 heavy (non-hydrogen) atoms. The first-order chi connectivity index (χ1) is 8.45. The molecule has 0 aliphatic heterocycles. The van der Waals surface area contributed by atoms with E-state index in [-0.39, 0.29) is 11.4 Å². The number of alkyl halides is 2. The lowest BCUT2D eigenvalue weighted by molar-refractivity contribution is 0.0922. The van der Waals surface area contributed by atoms with Gasteiger partial charge < -0.3 is 10.1 Å². The molecule has 0 aliphatic carbocycles. The van der Waals surface area contributed by atoms with Gasteiger partial charge in [0.2, 0.25) is 0 Å². The van der Waals surface area contributed by atoms with Crippen LogP contribution in [0, 0.1) is 0 Å². The van der Waals surface area contributed by atoms with Gasteiger partial charge in [0.1, 0.15) is 5.75 Å². The van der Waals surface area contributed by atoms with Crippen LogP contribution in [-0.2, 0) is 0 Å². The average molecular weight is 444 g/mol. The summed E-state index contributed by atoms with van der Waals surface area (Å²) in [6, 6.07) is 5.31. The maximum absolute atomic E-state index is 12.2. The highest BCUT2D eigenvalue weighted by atomic mass is 79.9. The normalized spacial score (nSPS) is 11.2. The topological polar surface area (TPSA) is 38.3 Å². The molecular formula is C12H14Br3NO2. The number of rotatable bonds is 5. The van der Waals surface area contributed by atoms with E-state index in [0.717, 1.165) is 4.47 Å². The van der Waals surface area contributed by atoms with Gasteiger partial charge in [-0.1, -0.05) is 31.9 Å². The molecule has 0 spiro atoms. The fourth-order valence-corrected chi connectivity index (χ4v) is 2.88. The minimum Gasteiger partial charge on any atom is -0.497 e.